The lowest BCUT2D eigenvalue weighted by Gasteiger charge is -2.02. The number of halogens is 1. The molecule has 0 N–H and O–H groups in total. The molecule has 4 nitrogen and oxygen atoms in total. The molecule has 0 fully saturated rings. The fraction of sp³-hybridized carbons (Fsp3) is 0.0833. The number of hydrogen-bond donors (Lipinski definition) is 0. The monoisotopic (exact) mass is 248 g/mol. The maximum Gasteiger partial charge on any atom is 0.243 e. The molecular formula is C12H9ClN2O2. The highest BCUT2D eigenvalue weighted by Crippen LogP contribution is 2.25. The molecule has 2 aromatic rings. The van der Waals surface area contributed by atoms with Gasteiger partial charge in [-0.15, -0.1) is 0 Å². The minimum Gasteiger partial charge on any atom is -0.259 e. The first kappa shape index (κ1) is 11.5. The molecule has 86 valence electrons. The maximum atomic E-state index is 10.6. The first-order valence-electron chi connectivity index (χ1n) is 4.95. The zero-order valence-corrected chi connectivity index (χ0v) is 9.81. The molecule has 0 aliphatic rings. The Morgan fingerprint density at radius 2 is 2.24 bits per heavy atom. The highest BCUT2D eigenvalue weighted by atomic mass is 35.5. The lowest BCUT2D eigenvalue weighted by atomic mass is 10.1. The number of fused-ring (bicyclic) bond motifs is 1. The van der Waals surface area contributed by atoms with Crippen molar-refractivity contribution in [3.05, 3.63) is 56.9 Å². The number of nitrogens with zero attached hydrogens (tertiary/aromatic N) is 2. The van der Waals surface area contributed by atoms with Crippen LogP contribution in [0.2, 0.25) is 5.02 Å². The molecule has 2 rings (SSSR count). The summed E-state index contributed by atoms with van der Waals surface area (Å²) in [6, 6.07) is 7.11. The molecule has 0 saturated carbocycles. The third kappa shape index (κ3) is 2.26. The van der Waals surface area contributed by atoms with Crippen LogP contribution in [0.5, 0.6) is 0 Å². The van der Waals surface area contributed by atoms with Gasteiger partial charge in [0.05, 0.1) is 15.5 Å². The number of nitro groups is 1. The standard InChI is InChI=1S/C12H9ClN2O2/c1-8(15(16)17)7-9-5-6-14-12-10(9)3-2-4-11(12)13/h2-7H,1H3. The van der Waals surface area contributed by atoms with Crippen molar-refractivity contribution in [3.63, 3.8) is 0 Å². The maximum absolute atomic E-state index is 10.6. The number of rotatable bonds is 2. The molecule has 17 heavy (non-hydrogen) atoms. The van der Waals surface area contributed by atoms with E-state index >= 15 is 0 Å². The van der Waals surface area contributed by atoms with Gasteiger partial charge in [-0.05, 0) is 17.7 Å². The van der Waals surface area contributed by atoms with E-state index in [0.717, 1.165) is 10.9 Å². The van der Waals surface area contributed by atoms with Gasteiger partial charge >= 0.3 is 0 Å². The largest absolute Gasteiger partial charge is 0.259 e. The predicted octanol–water partition coefficient (Wildman–Crippen LogP) is 3.53. The third-order valence-electron chi connectivity index (χ3n) is 2.41. The van der Waals surface area contributed by atoms with Gasteiger partial charge in [-0.25, -0.2) is 0 Å². The molecule has 1 aromatic heterocycles. The minimum atomic E-state index is -0.420. The van der Waals surface area contributed by atoms with Crippen molar-refractivity contribution >= 4 is 28.6 Å². The van der Waals surface area contributed by atoms with Crippen LogP contribution in [0, 0.1) is 10.1 Å². The molecule has 0 bridgehead atoms. The van der Waals surface area contributed by atoms with E-state index in [1.807, 2.05) is 6.07 Å². The van der Waals surface area contributed by atoms with Crippen LogP contribution >= 0.6 is 11.6 Å². The van der Waals surface area contributed by atoms with Gasteiger partial charge < -0.3 is 0 Å². The van der Waals surface area contributed by atoms with Gasteiger partial charge in [-0.2, -0.15) is 0 Å². The Kier molecular flexibility index (Phi) is 3.06. The van der Waals surface area contributed by atoms with Crippen molar-refractivity contribution in [2.45, 2.75) is 6.92 Å². The molecule has 0 amide bonds. The zero-order chi connectivity index (χ0) is 12.4. The van der Waals surface area contributed by atoms with Gasteiger partial charge in [-0.1, -0.05) is 23.7 Å². The number of aromatic nitrogens is 1. The Morgan fingerprint density at radius 1 is 1.47 bits per heavy atom. The van der Waals surface area contributed by atoms with Crippen LogP contribution < -0.4 is 0 Å². The Labute approximate surface area is 103 Å². The normalized spacial score (nSPS) is 11.8. The second-order valence-electron chi connectivity index (χ2n) is 3.58. The van der Waals surface area contributed by atoms with Crippen LogP contribution in [0.25, 0.3) is 17.0 Å². The molecule has 0 spiro atoms. The molecule has 0 atom stereocenters. The van der Waals surface area contributed by atoms with Crippen LogP contribution in [0.1, 0.15) is 12.5 Å². The Morgan fingerprint density at radius 3 is 2.94 bits per heavy atom. The van der Waals surface area contributed by atoms with Gasteiger partial charge in [0.1, 0.15) is 0 Å². The lowest BCUT2D eigenvalue weighted by molar-refractivity contribution is -0.422. The summed E-state index contributed by atoms with van der Waals surface area (Å²) in [5.74, 6) is 0. The summed E-state index contributed by atoms with van der Waals surface area (Å²) < 4.78 is 0. The fourth-order valence-corrected chi connectivity index (χ4v) is 1.79. The summed E-state index contributed by atoms with van der Waals surface area (Å²) in [6.45, 7) is 1.46. The first-order chi connectivity index (χ1) is 8.09. The minimum absolute atomic E-state index is 0.0810. The summed E-state index contributed by atoms with van der Waals surface area (Å²) in [5, 5.41) is 11.9. The Bertz CT molecular complexity index is 623. The smallest absolute Gasteiger partial charge is 0.243 e. The number of para-hydroxylation sites is 1. The highest BCUT2D eigenvalue weighted by molar-refractivity contribution is 6.35. The van der Waals surface area contributed by atoms with Crippen LogP contribution in [-0.4, -0.2) is 9.91 Å². The van der Waals surface area contributed by atoms with Gasteiger partial charge in [0.2, 0.25) is 5.70 Å². The van der Waals surface area contributed by atoms with Gasteiger partial charge in [-0.3, -0.25) is 15.1 Å². The topological polar surface area (TPSA) is 56.0 Å². The summed E-state index contributed by atoms with van der Waals surface area (Å²) in [4.78, 5) is 14.3. The number of allylic oxidation sites excluding steroid dienone is 1. The molecule has 1 heterocycles. The molecule has 0 aliphatic carbocycles. The van der Waals surface area contributed by atoms with Crippen molar-refractivity contribution in [3.8, 4) is 0 Å². The molecule has 5 heteroatoms. The molecule has 0 saturated heterocycles. The number of hydrogen-bond acceptors (Lipinski definition) is 3. The van der Waals surface area contributed by atoms with Crippen molar-refractivity contribution in [2.24, 2.45) is 0 Å². The van der Waals surface area contributed by atoms with Gasteiger partial charge in [0.25, 0.3) is 0 Å². The molecule has 0 radical (unpaired) electrons. The van der Waals surface area contributed by atoms with E-state index in [4.69, 9.17) is 11.6 Å². The van der Waals surface area contributed by atoms with Crippen molar-refractivity contribution in [1.29, 1.82) is 0 Å². The van der Waals surface area contributed by atoms with Crippen LogP contribution in [0.15, 0.2) is 36.2 Å². The second-order valence-corrected chi connectivity index (χ2v) is 3.99. The molecule has 0 aliphatic heterocycles. The predicted molar refractivity (Wildman–Crippen MR) is 67.4 cm³/mol. The molecular weight excluding hydrogens is 240 g/mol. The van der Waals surface area contributed by atoms with E-state index in [9.17, 15) is 10.1 Å². The van der Waals surface area contributed by atoms with Gasteiger partial charge in [0.15, 0.2) is 0 Å². The van der Waals surface area contributed by atoms with E-state index in [-0.39, 0.29) is 5.70 Å². The van der Waals surface area contributed by atoms with E-state index < -0.39 is 4.92 Å². The number of benzene rings is 1. The average molecular weight is 249 g/mol. The zero-order valence-electron chi connectivity index (χ0n) is 9.05. The van der Waals surface area contributed by atoms with Crippen molar-refractivity contribution in [2.75, 3.05) is 0 Å². The summed E-state index contributed by atoms with van der Waals surface area (Å²) in [7, 11) is 0. The fourth-order valence-electron chi connectivity index (χ4n) is 1.56. The molecule has 1 aromatic carbocycles. The highest BCUT2D eigenvalue weighted by Gasteiger charge is 2.07. The van der Waals surface area contributed by atoms with Crippen LogP contribution in [-0.2, 0) is 0 Å². The van der Waals surface area contributed by atoms with Crippen molar-refractivity contribution in [1.82, 2.24) is 4.98 Å². The average Bonchev–Trinajstić information content (AvgIpc) is 2.30. The Balaban J connectivity index is 2.67. The van der Waals surface area contributed by atoms with Crippen LogP contribution in [0.4, 0.5) is 0 Å². The van der Waals surface area contributed by atoms with Gasteiger partial charge in [0, 0.05) is 24.6 Å². The van der Waals surface area contributed by atoms with E-state index in [1.54, 1.807) is 24.4 Å². The Hall–Kier alpha value is -1.94. The summed E-state index contributed by atoms with van der Waals surface area (Å²) in [5.41, 5.74) is 1.48. The lowest BCUT2D eigenvalue weighted by Crippen LogP contribution is -1.93. The van der Waals surface area contributed by atoms with E-state index in [2.05, 4.69) is 4.98 Å². The van der Waals surface area contributed by atoms with E-state index in [1.165, 1.54) is 13.0 Å². The quantitative estimate of drug-likeness (QED) is 0.603. The second kappa shape index (κ2) is 4.51. The van der Waals surface area contributed by atoms with E-state index in [0.29, 0.717) is 10.5 Å². The summed E-state index contributed by atoms with van der Waals surface area (Å²) >= 11 is 6.01. The summed E-state index contributed by atoms with van der Waals surface area (Å²) in [6.07, 6.45) is 3.10. The number of pyridine rings is 1. The van der Waals surface area contributed by atoms with Crippen molar-refractivity contribution < 1.29 is 4.92 Å². The SMILES string of the molecule is CC(=Cc1ccnc2c(Cl)cccc12)[N+](=O)[O-]. The third-order valence-corrected chi connectivity index (χ3v) is 2.71. The van der Waals surface area contributed by atoms with Crippen LogP contribution in [0.3, 0.4) is 0 Å². The first-order valence-corrected chi connectivity index (χ1v) is 5.33. The molecule has 0 unspecified atom stereocenters.